The highest BCUT2D eigenvalue weighted by Gasteiger charge is 2.12. The molecule has 160 valence electrons. The molecule has 31 heavy (non-hydrogen) atoms. The number of methoxy groups -OCH3 is 2. The fourth-order valence-electron chi connectivity index (χ4n) is 2.69. The van der Waals surface area contributed by atoms with Gasteiger partial charge >= 0.3 is 0 Å². The molecule has 0 fully saturated rings. The molecule has 0 bridgehead atoms. The average Bonchev–Trinajstić information content (AvgIpc) is 2.79. The average molecular weight is 551 g/mol. The first-order valence-electron chi connectivity index (χ1n) is 9.23. The van der Waals surface area contributed by atoms with Crippen molar-refractivity contribution in [2.45, 2.75) is 6.61 Å². The molecule has 1 N–H and O–H groups in total. The van der Waals surface area contributed by atoms with Crippen molar-refractivity contribution in [2.75, 3.05) is 14.2 Å². The number of nitrogens with zero attached hydrogens (tertiary/aromatic N) is 1. The topological polar surface area (TPSA) is 69.2 Å². The standard InChI is InChI=1S/C23H20ClIN2O4/c1-29-18-9-7-16(8-10-18)23(28)27-26-13-15-11-20(25)22(21(12-15)30-2)31-14-17-5-3-4-6-19(17)24/h3-13H,14H2,1-2H3,(H,27,28)/b26-13-. The van der Waals surface area contributed by atoms with Crippen LogP contribution in [0.15, 0.2) is 65.8 Å². The van der Waals surface area contributed by atoms with Gasteiger partial charge in [-0.1, -0.05) is 29.8 Å². The molecule has 0 radical (unpaired) electrons. The van der Waals surface area contributed by atoms with Crippen LogP contribution in [0.1, 0.15) is 21.5 Å². The second-order valence-electron chi connectivity index (χ2n) is 6.34. The van der Waals surface area contributed by atoms with E-state index in [1.165, 1.54) is 0 Å². The van der Waals surface area contributed by atoms with Crippen molar-refractivity contribution in [1.29, 1.82) is 0 Å². The summed E-state index contributed by atoms with van der Waals surface area (Å²) in [7, 11) is 3.14. The molecule has 0 spiro atoms. The number of hydrogen-bond donors (Lipinski definition) is 1. The Hall–Kier alpha value is -2.78. The summed E-state index contributed by atoms with van der Waals surface area (Å²) in [5, 5.41) is 4.69. The van der Waals surface area contributed by atoms with Gasteiger partial charge in [-0.3, -0.25) is 4.79 Å². The third-order valence-electron chi connectivity index (χ3n) is 4.31. The number of hydrogen-bond acceptors (Lipinski definition) is 5. The molecule has 3 aromatic carbocycles. The predicted molar refractivity (Wildman–Crippen MR) is 130 cm³/mol. The Bertz CT molecular complexity index is 1090. The lowest BCUT2D eigenvalue weighted by Crippen LogP contribution is -2.17. The molecule has 0 saturated heterocycles. The van der Waals surface area contributed by atoms with Crippen molar-refractivity contribution in [3.8, 4) is 17.2 Å². The molecule has 0 unspecified atom stereocenters. The van der Waals surface area contributed by atoms with Crippen LogP contribution in [0.2, 0.25) is 5.02 Å². The lowest BCUT2D eigenvalue weighted by Gasteiger charge is -2.14. The first kappa shape index (κ1) is 22.9. The van der Waals surface area contributed by atoms with Gasteiger partial charge in [0.25, 0.3) is 5.91 Å². The second-order valence-corrected chi connectivity index (χ2v) is 7.91. The van der Waals surface area contributed by atoms with E-state index in [1.54, 1.807) is 50.8 Å². The van der Waals surface area contributed by atoms with E-state index in [4.69, 9.17) is 25.8 Å². The van der Waals surface area contributed by atoms with Crippen LogP contribution in [0.3, 0.4) is 0 Å². The zero-order valence-electron chi connectivity index (χ0n) is 16.9. The molecular weight excluding hydrogens is 531 g/mol. The molecular formula is C23H20ClIN2O4. The number of halogens is 2. The third-order valence-corrected chi connectivity index (χ3v) is 5.48. The van der Waals surface area contributed by atoms with E-state index in [1.807, 2.05) is 30.3 Å². The fourth-order valence-corrected chi connectivity index (χ4v) is 3.66. The van der Waals surface area contributed by atoms with Crippen LogP contribution < -0.4 is 19.6 Å². The highest BCUT2D eigenvalue weighted by atomic mass is 127. The molecule has 3 rings (SSSR count). The van der Waals surface area contributed by atoms with Gasteiger partial charge in [-0.05, 0) is 70.6 Å². The summed E-state index contributed by atoms with van der Waals surface area (Å²) in [6.07, 6.45) is 1.55. The maximum Gasteiger partial charge on any atom is 0.271 e. The number of ether oxygens (including phenoxy) is 3. The summed E-state index contributed by atoms with van der Waals surface area (Å²) in [5.74, 6) is 1.53. The van der Waals surface area contributed by atoms with E-state index < -0.39 is 0 Å². The maximum absolute atomic E-state index is 12.2. The number of carbonyl (C=O) groups is 1. The summed E-state index contributed by atoms with van der Waals surface area (Å²) < 4.78 is 17.4. The van der Waals surface area contributed by atoms with Gasteiger partial charge < -0.3 is 14.2 Å². The Morgan fingerprint density at radius 3 is 2.52 bits per heavy atom. The molecule has 0 aliphatic carbocycles. The zero-order valence-corrected chi connectivity index (χ0v) is 19.8. The lowest BCUT2D eigenvalue weighted by molar-refractivity contribution is 0.0955. The number of nitrogens with one attached hydrogen (secondary N) is 1. The van der Waals surface area contributed by atoms with Crippen LogP contribution in [0.5, 0.6) is 17.2 Å². The van der Waals surface area contributed by atoms with E-state index in [2.05, 4.69) is 33.1 Å². The molecule has 0 aliphatic rings. The van der Waals surface area contributed by atoms with E-state index in [0.29, 0.717) is 34.4 Å². The minimum absolute atomic E-state index is 0.317. The maximum atomic E-state index is 12.2. The molecule has 8 heteroatoms. The van der Waals surface area contributed by atoms with E-state index in [0.717, 1.165) is 14.7 Å². The Kier molecular flexibility index (Phi) is 8.13. The van der Waals surface area contributed by atoms with Crippen LogP contribution in [-0.2, 0) is 6.61 Å². The first-order valence-corrected chi connectivity index (χ1v) is 10.7. The summed E-state index contributed by atoms with van der Waals surface area (Å²) >= 11 is 8.37. The zero-order chi connectivity index (χ0) is 22.2. The first-order chi connectivity index (χ1) is 15.0. The number of rotatable bonds is 8. The van der Waals surface area contributed by atoms with Crippen LogP contribution >= 0.6 is 34.2 Å². The Morgan fingerprint density at radius 2 is 1.84 bits per heavy atom. The van der Waals surface area contributed by atoms with Crippen molar-refractivity contribution < 1.29 is 19.0 Å². The SMILES string of the molecule is COc1ccc(C(=O)N/N=C\c2cc(I)c(OCc3ccccc3Cl)c(OC)c2)cc1. The van der Waals surface area contributed by atoms with Crippen molar-refractivity contribution >= 4 is 46.3 Å². The number of amides is 1. The molecule has 0 atom stereocenters. The normalized spacial score (nSPS) is 10.7. The Morgan fingerprint density at radius 1 is 1.10 bits per heavy atom. The molecule has 6 nitrogen and oxygen atoms in total. The summed E-state index contributed by atoms with van der Waals surface area (Å²) in [4.78, 5) is 12.2. The van der Waals surface area contributed by atoms with Crippen LogP contribution in [0.25, 0.3) is 0 Å². The monoisotopic (exact) mass is 550 g/mol. The summed E-state index contributed by atoms with van der Waals surface area (Å²) in [6, 6.07) is 17.9. The van der Waals surface area contributed by atoms with Gasteiger partial charge in [-0.2, -0.15) is 5.10 Å². The highest BCUT2D eigenvalue weighted by molar-refractivity contribution is 14.1. The predicted octanol–water partition coefficient (Wildman–Crippen LogP) is 5.30. The minimum atomic E-state index is -0.319. The van der Waals surface area contributed by atoms with E-state index in [9.17, 15) is 4.79 Å². The fraction of sp³-hybridized carbons (Fsp3) is 0.130. The molecule has 0 aromatic heterocycles. The van der Waals surface area contributed by atoms with Crippen LogP contribution in [0, 0.1) is 3.57 Å². The van der Waals surface area contributed by atoms with Crippen molar-refractivity contribution in [3.05, 3.63) is 85.9 Å². The number of hydrazone groups is 1. The number of benzene rings is 3. The van der Waals surface area contributed by atoms with Crippen LogP contribution in [0.4, 0.5) is 0 Å². The Labute approximate surface area is 199 Å². The quantitative estimate of drug-likeness (QED) is 0.235. The van der Waals surface area contributed by atoms with Gasteiger partial charge in [-0.15, -0.1) is 0 Å². The smallest absolute Gasteiger partial charge is 0.271 e. The summed E-state index contributed by atoms with van der Waals surface area (Å²) in [5.41, 5.74) is 4.62. The van der Waals surface area contributed by atoms with Gasteiger partial charge in [0.05, 0.1) is 24.0 Å². The van der Waals surface area contributed by atoms with Gasteiger partial charge in [-0.25, -0.2) is 5.43 Å². The van der Waals surface area contributed by atoms with E-state index >= 15 is 0 Å². The largest absolute Gasteiger partial charge is 0.497 e. The van der Waals surface area contributed by atoms with Crippen molar-refractivity contribution in [1.82, 2.24) is 5.43 Å². The minimum Gasteiger partial charge on any atom is -0.497 e. The van der Waals surface area contributed by atoms with E-state index in [-0.39, 0.29) is 5.91 Å². The molecule has 3 aromatic rings. The molecule has 0 saturated carbocycles. The Balaban J connectivity index is 1.68. The summed E-state index contributed by atoms with van der Waals surface area (Å²) in [6.45, 7) is 0.317. The lowest BCUT2D eigenvalue weighted by atomic mass is 10.2. The second kappa shape index (κ2) is 11.0. The van der Waals surface area contributed by atoms with Crippen LogP contribution in [-0.4, -0.2) is 26.3 Å². The third kappa shape index (κ3) is 6.11. The van der Waals surface area contributed by atoms with Gasteiger partial charge in [0.1, 0.15) is 12.4 Å². The van der Waals surface area contributed by atoms with Crippen molar-refractivity contribution in [3.63, 3.8) is 0 Å². The molecule has 1 amide bonds. The van der Waals surface area contributed by atoms with Gasteiger partial charge in [0.15, 0.2) is 11.5 Å². The van der Waals surface area contributed by atoms with Gasteiger partial charge in [0, 0.05) is 16.1 Å². The van der Waals surface area contributed by atoms with Gasteiger partial charge in [0.2, 0.25) is 0 Å². The number of carbonyl (C=O) groups excluding carboxylic acids is 1. The molecule has 0 heterocycles. The van der Waals surface area contributed by atoms with Crippen molar-refractivity contribution in [2.24, 2.45) is 5.10 Å². The highest BCUT2D eigenvalue weighted by Crippen LogP contribution is 2.34. The molecule has 0 aliphatic heterocycles.